The number of unbranched alkanes of at least 4 members (excludes halogenated alkanes) is 1. The lowest BCUT2D eigenvalue weighted by atomic mass is 9.50. The number of hydrogen-bond donors (Lipinski definition) is 1. The van der Waals surface area contributed by atoms with Crippen molar-refractivity contribution in [2.45, 2.75) is 231 Å². The van der Waals surface area contributed by atoms with E-state index in [9.17, 15) is 5.11 Å². The number of allylic oxidation sites excluding steroid dienone is 16. The molecule has 2 fully saturated rings. The third kappa shape index (κ3) is 16.1. The van der Waals surface area contributed by atoms with E-state index >= 15 is 0 Å². The van der Waals surface area contributed by atoms with Gasteiger partial charge in [0.15, 0.2) is 0 Å². The Kier molecular flexibility index (Phi) is 21.6. The Balaban J connectivity index is 0.000000310. The molecule has 1 N–H and O–H groups in total. The summed E-state index contributed by atoms with van der Waals surface area (Å²) >= 11 is 0. The molecule has 7 atom stereocenters. The van der Waals surface area contributed by atoms with Crippen molar-refractivity contribution in [2.75, 3.05) is 0 Å². The van der Waals surface area contributed by atoms with E-state index in [1.165, 1.54) is 161 Å². The zero-order valence-corrected chi connectivity index (χ0v) is 40.7. The van der Waals surface area contributed by atoms with Gasteiger partial charge in [0.1, 0.15) is 0 Å². The molecule has 4 rings (SSSR count). The third-order valence-corrected chi connectivity index (χ3v) is 15.3. The van der Waals surface area contributed by atoms with Crippen LogP contribution >= 0.6 is 0 Å². The first-order valence-corrected chi connectivity index (χ1v) is 24.4. The zero-order valence-electron chi connectivity index (χ0n) is 40.7. The molecule has 4 aliphatic carbocycles. The molecule has 0 amide bonds. The van der Waals surface area contributed by atoms with Crippen molar-refractivity contribution in [3.63, 3.8) is 0 Å². The Morgan fingerprint density at radius 2 is 1.03 bits per heavy atom. The minimum absolute atomic E-state index is 0.0356. The second-order valence-corrected chi connectivity index (χ2v) is 21.2. The second kappa shape index (κ2) is 25.0. The first-order valence-electron chi connectivity index (χ1n) is 24.4. The fourth-order valence-corrected chi connectivity index (χ4v) is 11.6. The van der Waals surface area contributed by atoms with E-state index in [1.807, 2.05) is 11.1 Å². The summed E-state index contributed by atoms with van der Waals surface area (Å²) in [6.07, 6.45) is 42.9. The van der Waals surface area contributed by atoms with Crippen molar-refractivity contribution in [1.82, 2.24) is 0 Å². The van der Waals surface area contributed by atoms with Crippen molar-refractivity contribution in [3.05, 3.63) is 92.7 Å². The average Bonchev–Trinajstić information content (AvgIpc) is 3.51. The molecule has 2 saturated carbocycles. The Bertz CT molecular complexity index is 1460. The van der Waals surface area contributed by atoms with Crippen molar-refractivity contribution in [2.24, 2.45) is 34.5 Å². The van der Waals surface area contributed by atoms with Crippen LogP contribution in [0.4, 0.5) is 0 Å². The van der Waals surface area contributed by atoms with E-state index in [2.05, 4.69) is 133 Å². The van der Waals surface area contributed by atoms with E-state index in [0.717, 1.165) is 36.5 Å². The fraction of sp³-hybridized carbons (Fsp3) is 0.719. The lowest BCUT2D eigenvalue weighted by molar-refractivity contribution is 0.0133. The maximum Gasteiger partial charge on any atom is 0.0543 e. The Hall–Kier alpha value is -2.12. The van der Waals surface area contributed by atoms with Gasteiger partial charge in [-0.1, -0.05) is 113 Å². The van der Waals surface area contributed by atoms with E-state index in [-0.39, 0.29) is 6.10 Å². The normalized spacial score (nSPS) is 28.1. The van der Waals surface area contributed by atoms with Gasteiger partial charge >= 0.3 is 0 Å². The number of fused-ring (bicyclic) bond motifs is 4. The minimum Gasteiger partial charge on any atom is -0.393 e. The molecular formula is C57H94O. The average molecular weight is 795 g/mol. The lowest BCUT2D eigenvalue weighted by Gasteiger charge is -2.55. The van der Waals surface area contributed by atoms with Gasteiger partial charge in [-0.25, -0.2) is 0 Å². The summed E-state index contributed by atoms with van der Waals surface area (Å²) in [5.74, 6) is 3.36. The molecule has 0 saturated heterocycles. The molecule has 0 spiro atoms. The highest BCUT2D eigenvalue weighted by molar-refractivity contribution is 5.34. The molecule has 4 aliphatic rings. The minimum atomic E-state index is -0.0356. The van der Waals surface area contributed by atoms with Crippen LogP contribution in [0.1, 0.15) is 225 Å². The smallest absolute Gasteiger partial charge is 0.0543 e. The van der Waals surface area contributed by atoms with Gasteiger partial charge in [-0.15, -0.1) is 0 Å². The largest absolute Gasteiger partial charge is 0.393 e. The van der Waals surface area contributed by atoms with Gasteiger partial charge in [0.2, 0.25) is 0 Å². The topological polar surface area (TPSA) is 20.2 Å². The summed E-state index contributed by atoms with van der Waals surface area (Å²) in [5.41, 5.74) is 15.2. The van der Waals surface area contributed by atoms with Gasteiger partial charge in [0.25, 0.3) is 0 Å². The van der Waals surface area contributed by atoms with Crippen LogP contribution in [0.5, 0.6) is 0 Å². The summed E-state index contributed by atoms with van der Waals surface area (Å²) in [6.45, 7) is 30.0. The number of aliphatic hydroxyl groups excluding tert-OH is 1. The Labute approximate surface area is 361 Å². The van der Waals surface area contributed by atoms with Gasteiger partial charge in [-0.3, -0.25) is 0 Å². The van der Waals surface area contributed by atoms with Gasteiger partial charge in [-0.2, -0.15) is 0 Å². The summed E-state index contributed by atoms with van der Waals surface area (Å²) in [7, 11) is 0. The van der Waals surface area contributed by atoms with Crippen LogP contribution < -0.4 is 0 Å². The molecule has 0 radical (unpaired) electrons. The molecule has 328 valence electrons. The van der Waals surface area contributed by atoms with Crippen molar-refractivity contribution >= 4 is 0 Å². The highest BCUT2D eigenvalue weighted by atomic mass is 16.3. The van der Waals surface area contributed by atoms with Crippen LogP contribution in [0, 0.1) is 34.5 Å². The fourth-order valence-electron chi connectivity index (χ4n) is 11.6. The van der Waals surface area contributed by atoms with Crippen LogP contribution in [-0.2, 0) is 0 Å². The molecule has 1 heteroatoms. The second-order valence-electron chi connectivity index (χ2n) is 21.2. The van der Waals surface area contributed by atoms with Gasteiger partial charge in [-0.05, 0) is 239 Å². The van der Waals surface area contributed by atoms with Crippen molar-refractivity contribution in [1.29, 1.82) is 0 Å². The number of aliphatic hydroxyl groups is 1. The molecule has 0 aromatic carbocycles. The highest BCUT2D eigenvalue weighted by Gasteiger charge is 2.55. The first kappa shape index (κ1) is 50.2. The van der Waals surface area contributed by atoms with E-state index in [4.69, 9.17) is 0 Å². The molecule has 0 aromatic rings. The summed E-state index contributed by atoms with van der Waals surface area (Å²) in [4.78, 5) is 0. The monoisotopic (exact) mass is 795 g/mol. The van der Waals surface area contributed by atoms with Crippen LogP contribution in [0.15, 0.2) is 92.7 Å². The van der Waals surface area contributed by atoms with Gasteiger partial charge in [0.05, 0.1) is 6.10 Å². The van der Waals surface area contributed by atoms with Crippen LogP contribution in [0.3, 0.4) is 0 Å². The molecule has 1 nitrogen and oxygen atoms in total. The molecule has 0 aliphatic heterocycles. The van der Waals surface area contributed by atoms with Crippen molar-refractivity contribution < 1.29 is 5.11 Å². The highest BCUT2D eigenvalue weighted by Crippen LogP contribution is 2.66. The first-order chi connectivity index (χ1) is 27.5. The zero-order chi connectivity index (χ0) is 42.9. The predicted molar refractivity (Wildman–Crippen MR) is 259 cm³/mol. The summed E-state index contributed by atoms with van der Waals surface area (Å²) in [5, 5.41) is 10.2. The molecule has 58 heavy (non-hydrogen) atoms. The quantitative estimate of drug-likeness (QED) is 0.102. The Morgan fingerprint density at radius 3 is 1.53 bits per heavy atom. The van der Waals surface area contributed by atoms with Crippen LogP contribution in [0.2, 0.25) is 0 Å². The Morgan fingerprint density at radius 1 is 0.569 bits per heavy atom. The van der Waals surface area contributed by atoms with Crippen molar-refractivity contribution in [3.8, 4) is 0 Å². The van der Waals surface area contributed by atoms with Gasteiger partial charge < -0.3 is 5.11 Å². The molecule has 0 aromatic heterocycles. The molecule has 0 heterocycles. The lowest BCUT2D eigenvalue weighted by Crippen LogP contribution is -2.45. The standard InChI is InChI=1S/C30H50.C27H44O/c1-25(2)15-11-19-29(7)23-13-21-27(5)17-9-10-18-28(6)22-14-24-30(8)20-12-16-26(3)4;1-18(2)7-6-8-19(3)23-11-12-24-22-10-9-20-17-21(28)13-15-26(20,4)25(22)14-16-27(23,24)5/h15-18,23-24H,9-14,19-22H2,1-8H3;7,19-21,23-24,28H,6,8-17H2,1-5H3/b27-17+,28-18+,29-23+,30-24+;/t;19-,20+,21+,23-,24+,26+,27-/m.1/s1. The SMILES string of the molecule is CC(C)=CCC/C(C)=C/CC/C(C)=C/CC/C=C(\C)CC/C=C(\C)CCC=C(C)C.CC(C)=CCC[C@@H](C)[C@H]1CC[C@H]2C3=C(CC[C@]12C)[C@@]1(C)CC[C@H](O)C[C@@H]1CC3. The number of rotatable bonds is 19. The van der Waals surface area contributed by atoms with Crippen LogP contribution in [0.25, 0.3) is 0 Å². The maximum absolute atomic E-state index is 10.2. The van der Waals surface area contributed by atoms with E-state index < -0.39 is 0 Å². The summed E-state index contributed by atoms with van der Waals surface area (Å²) in [6, 6.07) is 0. The summed E-state index contributed by atoms with van der Waals surface area (Å²) < 4.78 is 0. The molecule has 0 unspecified atom stereocenters. The third-order valence-electron chi connectivity index (χ3n) is 15.3. The van der Waals surface area contributed by atoms with E-state index in [1.54, 1.807) is 0 Å². The number of hydrogen-bond acceptors (Lipinski definition) is 1. The molecular weight excluding hydrogens is 701 g/mol. The predicted octanol–water partition coefficient (Wildman–Crippen LogP) is 18.1. The maximum atomic E-state index is 10.2. The van der Waals surface area contributed by atoms with Gasteiger partial charge in [0, 0.05) is 0 Å². The molecule has 0 bridgehead atoms. The van der Waals surface area contributed by atoms with E-state index in [0.29, 0.717) is 10.8 Å². The van der Waals surface area contributed by atoms with Crippen LogP contribution in [-0.4, -0.2) is 11.2 Å².